The summed E-state index contributed by atoms with van der Waals surface area (Å²) in [5, 5.41) is 2.85. The first-order valence-corrected chi connectivity index (χ1v) is 11.3. The van der Waals surface area contributed by atoms with Crippen LogP contribution in [0.25, 0.3) is 0 Å². The van der Waals surface area contributed by atoms with Gasteiger partial charge in [-0.2, -0.15) is 0 Å². The first-order valence-electron chi connectivity index (χ1n) is 11.3. The fourth-order valence-corrected chi connectivity index (χ4v) is 4.03. The van der Waals surface area contributed by atoms with Gasteiger partial charge in [0.2, 0.25) is 11.8 Å². The third-order valence-electron chi connectivity index (χ3n) is 5.85. The van der Waals surface area contributed by atoms with Crippen molar-refractivity contribution in [2.24, 2.45) is 5.92 Å². The van der Waals surface area contributed by atoms with Gasteiger partial charge < -0.3 is 15.0 Å². The van der Waals surface area contributed by atoms with Crippen molar-refractivity contribution < 1.29 is 31.9 Å². The average molecular weight is 481 g/mol. The second kappa shape index (κ2) is 11.9. The zero-order valence-corrected chi connectivity index (χ0v) is 18.7. The van der Waals surface area contributed by atoms with Crippen LogP contribution in [0.15, 0.2) is 48.5 Å². The van der Waals surface area contributed by atoms with Gasteiger partial charge in [-0.15, -0.1) is 13.2 Å². The van der Waals surface area contributed by atoms with Crippen LogP contribution in [-0.4, -0.2) is 42.7 Å². The minimum Gasteiger partial charge on any atom is -0.406 e. The fraction of sp³-hybridized carbons (Fsp3) is 0.440. The minimum atomic E-state index is -4.72. The number of hydrogen-bond donors (Lipinski definition) is 1. The average Bonchev–Trinajstić information content (AvgIpc) is 2.78. The molecule has 3 rings (SSSR count). The molecule has 0 spiro atoms. The number of carbonyl (C=O) groups excluding carboxylic acids is 2. The summed E-state index contributed by atoms with van der Waals surface area (Å²) in [5.74, 6) is -0.422. The highest BCUT2D eigenvalue weighted by Crippen LogP contribution is 2.23. The number of halogens is 4. The molecule has 1 N–H and O–H groups in total. The predicted octanol–water partition coefficient (Wildman–Crippen LogP) is 4.64. The number of aryl methyl sites for hydroxylation is 1. The lowest BCUT2D eigenvalue weighted by molar-refractivity contribution is -0.274. The molecule has 2 aromatic rings. The van der Waals surface area contributed by atoms with Crippen molar-refractivity contribution in [3.8, 4) is 5.75 Å². The molecule has 0 aromatic heterocycles. The van der Waals surface area contributed by atoms with E-state index in [-0.39, 0.29) is 29.3 Å². The van der Waals surface area contributed by atoms with Crippen LogP contribution in [0.4, 0.5) is 17.6 Å². The maximum Gasteiger partial charge on any atom is 0.573 e. The zero-order valence-electron chi connectivity index (χ0n) is 18.7. The standard InChI is InChI=1S/C25H28F4N2O3/c26-21-3-1-2-19(16-21)6-9-24(33)31-14-11-20(12-15-31)17-23(32)30-13-10-18-4-7-22(8-5-18)34-25(27,28)29/h1-5,7-8,16,20H,6,9-15,17H2,(H,30,32). The van der Waals surface area contributed by atoms with Crippen LogP contribution >= 0.6 is 0 Å². The van der Waals surface area contributed by atoms with Gasteiger partial charge in [0.05, 0.1) is 0 Å². The van der Waals surface area contributed by atoms with Crippen LogP contribution in [0.5, 0.6) is 5.75 Å². The molecule has 9 heteroatoms. The maximum absolute atomic E-state index is 13.3. The SMILES string of the molecule is O=C(CC1CCN(C(=O)CCc2cccc(F)c2)CC1)NCCc1ccc(OC(F)(F)F)cc1. The Bertz CT molecular complexity index is 955. The van der Waals surface area contributed by atoms with E-state index in [1.807, 2.05) is 0 Å². The van der Waals surface area contributed by atoms with E-state index in [1.54, 1.807) is 17.0 Å². The van der Waals surface area contributed by atoms with Crippen molar-refractivity contribution in [1.29, 1.82) is 0 Å². The van der Waals surface area contributed by atoms with Crippen molar-refractivity contribution in [3.63, 3.8) is 0 Å². The summed E-state index contributed by atoms with van der Waals surface area (Å²) in [6.07, 6.45) is -1.52. The van der Waals surface area contributed by atoms with Crippen LogP contribution in [0.2, 0.25) is 0 Å². The highest BCUT2D eigenvalue weighted by molar-refractivity contribution is 5.77. The summed E-state index contributed by atoms with van der Waals surface area (Å²) in [7, 11) is 0. The van der Waals surface area contributed by atoms with Crippen molar-refractivity contribution in [2.45, 2.75) is 44.9 Å². The minimum absolute atomic E-state index is 0.0406. The highest BCUT2D eigenvalue weighted by Gasteiger charge is 2.31. The Morgan fingerprint density at radius 3 is 2.35 bits per heavy atom. The number of alkyl halides is 3. The molecule has 1 fully saturated rings. The first kappa shape index (κ1) is 25.5. The van der Waals surface area contributed by atoms with E-state index < -0.39 is 6.36 Å². The van der Waals surface area contributed by atoms with Gasteiger partial charge in [-0.05, 0) is 67.0 Å². The number of rotatable bonds is 9. The molecule has 1 saturated heterocycles. The molecule has 1 aliphatic rings. The molecule has 1 aliphatic heterocycles. The Morgan fingerprint density at radius 2 is 1.71 bits per heavy atom. The van der Waals surface area contributed by atoms with E-state index >= 15 is 0 Å². The molecular weight excluding hydrogens is 452 g/mol. The normalized spacial score (nSPS) is 14.6. The molecule has 184 valence electrons. The Balaban J connectivity index is 1.31. The van der Waals surface area contributed by atoms with Gasteiger partial charge in [0.25, 0.3) is 0 Å². The number of amides is 2. The zero-order chi connectivity index (χ0) is 24.6. The van der Waals surface area contributed by atoms with Gasteiger partial charge >= 0.3 is 6.36 Å². The number of nitrogens with one attached hydrogen (secondary N) is 1. The van der Waals surface area contributed by atoms with Gasteiger partial charge in [0.1, 0.15) is 11.6 Å². The molecule has 0 radical (unpaired) electrons. The summed E-state index contributed by atoms with van der Waals surface area (Å²) in [4.78, 5) is 26.5. The molecule has 0 aliphatic carbocycles. The molecule has 5 nitrogen and oxygen atoms in total. The van der Waals surface area contributed by atoms with Crippen molar-refractivity contribution in [3.05, 3.63) is 65.5 Å². The van der Waals surface area contributed by atoms with E-state index in [1.165, 1.54) is 36.4 Å². The van der Waals surface area contributed by atoms with E-state index in [4.69, 9.17) is 0 Å². The van der Waals surface area contributed by atoms with Crippen LogP contribution in [-0.2, 0) is 22.4 Å². The Labute approximate surface area is 196 Å². The summed E-state index contributed by atoms with van der Waals surface area (Å²) in [6.45, 7) is 1.59. The quantitative estimate of drug-likeness (QED) is 0.532. The first-order chi connectivity index (χ1) is 16.2. The fourth-order valence-electron chi connectivity index (χ4n) is 4.03. The largest absolute Gasteiger partial charge is 0.573 e. The number of carbonyl (C=O) groups is 2. The maximum atomic E-state index is 13.3. The molecule has 0 atom stereocenters. The number of ether oxygens (including phenoxy) is 1. The highest BCUT2D eigenvalue weighted by atomic mass is 19.4. The van der Waals surface area contributed by atoms with E-state index in [0.717, 1.165) is 24.0 Å². The molecule has 34 heavy (non-hydrogen) atoms. The molecule has 0 unspecified atom stereocenters. The van der Waals surface area contributed by atoms with Crippen molar-refractivity contribution in [1.82, 2.24) is 10.2 Å². The lowest BCUT2D eigenvalue weighted by Gasteiger charge is -2.32. The van der Waals surface area contributed by atoms with E-state index in [0.29, 0.717) is 45.3 Å². The summed E-state index contributed by atoms with van der Waals surface area (Å²) in [6, 6.07) is 11.8. The van der Waals surface area contributed by atoms with Gasteiger partial charge in [0, 0.05) is 32.5 Å². The van der Waals surface area contributed by atoms with Crippen LogP contribution in [0.3, 0.4) is 0 Å². The van der Waals surface area contributed by atoms with Gasteiger partial charge in [-0.1, -0.05) is 24.3 Å². The number of hydrogen-bond acceptors (Lipinski definition) is 3. The molecule has 0 saturated carbocycles. The molecule has 2 amide bonds. The summed E-state index contributed by atoms with van der Waals surface area (Å²) < 4.78 is 53.7. The second-order valence-electron chi connectivity index (χ2n) is 8.45. The van der Waals surface area contributed by atoms with Crippen molar-refractivity contribution in [2.75, 3.05) is 19.6 Å². The molecular formula is C25H28F4N2O3. The van der Waals surface area contributed by atoms with Gasteiger partial charge in [0.15, 0.2) is 0 Å². The number of benzene rings is 2. The Hall–Kier alpha value is -3.10. The third kappa shape index (κ3) is 8.68. The lowest BCUT2D eigenvalue weighted by atomic mass is 9.93. The number of nitrogens with zero attached hydrogens (tertiary/aromatic N) is 1. The number of piperidine rings is 1. The Kier molecular flexibility index (Phi) is 8.90. The van der Waals surface area contributed by atoms with Crippen LogP contribution < -0.4 is 10.1 Å². The summed E-state index contributed by atoms with van der Waals surface area (Å²) >= 11 is 0. The third-order valence-corrected chi connectivity index (χ3v) is 5.85. The van der Waals surface area contributed by atoms with Gasteiger partial charge in [-0.25, -0.2) is 4.39 Å². The summed E-state index contributed by atoms with van der Waals surface area (Å²) in [5.41, 5.74) is 1.59. The topological polar surface area (TPSA) is 58.6 Å². The van der Waals surface area contributed by atoms with Crippen LogP contribution in [0.1, 0.15) is 36.8 Å². The van der Waals surface area contributed by atoms with E-state index in [2.05, 4.69) is 10.1 Å². The second-order valence-corrected chi connectivity index (χ2v) is 8.45. The Morgan fingerprint density at radius 1 is 1.00 bits per heavy atom. The molecule has 2 aromatic carbocycles. The van der Waals surface area contributed by atoms with Crippen LogP contribution in [0, 0.1) is 11.7 Å². The monoisotopic (exact) mass is 480 g/mol. The number of likely N-dealkylation sites (tertiary alicyclic amines) is 1. The van der Waals surface area contributed by atoms with Gasteiger partial charge in [-0.3, -0.25) is 9.59 Å². The predicted molar refractivity (Wildman–Crippen MR) is 118 cm³/mol. The smallest absolute Gasteiger partial charge is 0.406 e. The van der Waals surface area contributed by atoms with E-state index in [9.17, 15) is 27.2 Å². The lowest BCUT2D eigenvalue weighted by Crippen LogP contribution is -2.39. The van der Waals surface area contributed by atoms with Crippen molar-refractivity contribution >= 4 is 11.8 Å². The molecule has 0 bridgehead atoms. The molecule has 1 heterocycles.